The van der Waals surface area contributed by atoms with Crippen molar-refractivity contribution in [2.24, 2.45) is 11.8 Å². The van der Waals surface area contributed by atoms with Gasteiger partial charge in [0.1, 0.15) is 11.8 Å². The molecule has 9 heteroatoms. The number of hydrogen-bond donors (Lipinski definition) is 3. The minimum absolute atomic E-state index is 0.0380. The number of likely N-dealkylation sites (tertiary alicyclic amines) is 1. The van der Waals surface area contributed by atoms with Crippen LogP contribution in [0.15, 0.2) is 54.6 Å². The Labute approximate surface area is 246 Å². The Balaban J connectivity index is 1.46. The summed E-state index contributed by atoms with van der Waals surface area (Å²) >= 11 is 1.64. The lowest BCUT2D eigenvalue weighted by atomic mass is 9.70. The second kappa shape index (κ2) is 12.4. The summed E-state index contributed by atoms with van der Waals surface area (Å²) in [6.07, 6.45) is 3.64. The predicted octanol–water partition coefficient (Wildman–Crippen LogP) is 4.02. The molecule has 3 N–H and O–H groups in total. The third kappa shape index (κ3) is 5.58. The molecular formula is C32H41N3O5S. The lowest BCUT2D eigenvalue weighted by molar-refractivity contribution is -0.142. The van der Waals surface area contributed by atoms with E-state index in [4.69, 9.17) is 4.74 Å². The van der Waals surface area contributed by atoms with E-state index in [2.05, 4.69) is 17.6 Å². The van der Waals surface area contributed by atoms with Crippen LogP contribution in [-0.2, 0) is 20.8 Å². The number of fused-ring (bicyclic) bond motifs is 1. The molecule has 3 unspecified atom stereocenters. The Morgan fingerprint density at radius 2 is 1.85 bits per heavy atom. The summed E-state index contributed by atoms with van der Waals surface area (Å²) in [6, 6.07) is 15.6. The number of benzene rings is 2. The average Bonchev–Trinajstić information content (AvgIpc) is 3.61. The van der Waals surface area contributed by atoms with E-state index in [0.717, 1.165) is 30.6 Å². The van der Waals surface area contributed by atoms with Crippen molar-refractivity contribution in [3.05, 3.63) is 60.2 Å². The monoisotopic (exact) mass is 579 g/mol. The molecule has 2 aromatic rings. The van der Waals surface area contributed by atoms with Gasteiger partial charge in [0.15, 0.2) is 0 Å². The van der Waals surface area contributed by atoms with Gasteiger partial charge in [0, 0.05) is 17.0 Å². The van der Waals surface area contributed by atoms with Crippen molar-refractivity contribution in [2.45, 2.75) is 81.0 Å². The lowest BCUT2D eigenvalue weighted by Gasteiger charge is -2.37. The number of aliphatic hydroxyl groups is 1. The van der Waals surface area contributed by atoms with Gasteiger partial charge in [0.2, 0.25) is 17.7 Å². The maximum Gasteiger partial charge on any atom is 0.244 e. The zero-order valence-electron chi connectivity index (χ0n) is 24.0. The van der Waals surface area contributed by atoms with Crippen molar-refractivity contribution in [3.63, 3.8) is 0 Å². The summed E-state index contributed by atoms with van der Waals surface area (Å²) in [5, 5.41) is 16.7. The van der Waals surface area contributed by atoms with Crippen LogP contribution in [0.5, 0.6) is 5.75 Å². The lowest BCUT2D eigenvalue weighted by Crippen LogP contribution is -2.58. The number of carbonyl (C=O) groups is 3. The highest BCUT2D eigenvalue weighted by atomic mass is 32.2. The topological polar surface area (TPSA) is 108 Å². The highest BCUT2D eigenvalue weighted by molar-refractivity contribution is 8.02. The van der Waals surface area contributed by atoms with Crippen LogP contribution in [-0.4, -0.2) is 69.1 Å². The number of thioether (sulfide) groups is 1. The number of carbonyl (C=O) groups excluding carboxylic acids is 3. The second-order valence-electron chi connectivity index (χ2n) is 11.5. The number of ether oxygens (including phenoxy) is 1. The van der Waals surface area contributed by atoms with Crippen LogP contribution in [0.4, 0.5) is 5.69 Å². The number of aliphatic hydroxyl groups excluding tert-OH is 1. The Kier molecular flexibility index (Phi) is 8.94. The van der Waals surface area contributed by atoms with E-state index in [0.29, 0.717) is 25.1 Å². The quantitative estimate of drug-likeness (QED) is 0.351. The molecule has 2 aromatic carbocycles. The van der Waals surface area contributed by atoms with Crippen LogP contribution in [0.25, 0.3) is 0 Å². The predicted molar refractivity (Wildman–Crippen MR) is 161 cm³/mol. The van der Waals surface area contributed by atoms with Gasteiger partial charge in [-0.1, -0.05) is 43.7 Å². The largest absolute Gasteiger partial charge is 0.494 e. The minimum Gasteiger partial charge on any atom is -0.494 e. The molecule has 0 aromatic heterocycles. The Morgan fingerprint density at radius 1 is 1.12 bits per heavy atom. The Bertz CT molecular complexity index is 1240. The molecule has 3 fully saturated rings. The Morgan fingerprint density at radius 3 is 2.51 bits per heavy atom. The molecule has 2 bridgehead atoms. The van der Waals surface area contributed by atoms with Gasteiger partial charge in [-0.3, -0.25) is 14.4 Å². The highest BCUT2D eigenvalue weighted by Crippen LogP contribution is 2.66. The third-order valence-corrected chi connectivity index (χ3v) is 10.7. The maximum atomic E-state index is 14.4. The smallest absolute Gasteiger partial charge is 0.244 e. The molecule has 3 heterocycles. The number of nitrogens with one attached hydrogen (secondary N) is 2. The standard InChI is InChI=1S/C32H41N3O5S/c1-4-9-20(3)33-30(38)28-32-17-16-25(41-32)26(29(37)34-22-12-14-24(15-13-22)40-5-2)27(32)31(39)35(28)23(19-36)18-21-10-7-6-8-11-21/h6-8,10-15,20,23,25-28,36H,4-5,9,16-19H2,1-3H3,(H,33,38)(H,34,37)/t20?,23-,25+,26-,27+,28?,32?/m1/s1. The SMILES string of the molecule is CCCC(C)NC(=O)C1N([C@@H](CO)Cc2ccccc2)C(=O)[C@@H]2[C@H](C(=O)Nc3ccc(OCC)cc3)[C@@H]3CCC12S3. The van der Waals surface area contributed by atoms with Gasteiger partial charge in [0.25, 0.3) is 0 Å². The van der Waals surface area contributed by atoms with Crippen LogP contribution >= 0.6 is 11.8 Å². The molecule has 0 radical (unpaired) electrons. The van der Waals surface area contributed by atoms with Crippen molar-refractivity contribution in [3.8, 4) is 5.75 Å². The van der Waals surface area contributed by atoms with E-state index < -0.39 is 28.7 Å². The first-order valence-electron chi connectivity index (χ1n) is 14.8. The maximum absolute atomic E-state index is 14.4. The van der Waals surface area contributed by atoms with Crippen LogP contribution in [0.1, 0.15) is 52.0 Å². The van der Waals surface area contributed by atoms with E-state index in [1.807, 2.05) is 56.3 Å². The molecule has 0 saturated carbocycles. The van der Waals surface area contributed by atoms with E-state index in [-0.39, 0.29) is 35.6 Å². The number of anilines is 1. The summed E-state index contributed by atoms with van der Waals surface area (Å²) in [5.74, 6) is -1.05. The van der Waals surface area contributed by atoms with Crippen molar-refractivity contribution in [2.75, 3.05) is 18.5 Å². The number of rotatable bonds is 12. The van der Waals surface area contributed by atoms with Gasteiger partial charge in [0.05, 0.1) is 35.8 Å². The molecule has 1 spiro atoms. The summed E-state index contributed by atoms with van der Waals surface area (Å²) in [4.78, 5) is 43.9. The number of nitrogens with zero attached hydrogens (tertiary/aromatic N) is 1. The average molecular weight is 580 g/mol. The van der Waals surface area contributed by atoms with Gasteiger partial charge in [-0.25, -0.2) is 0 Å². The normalized spacial score (nSPS) is 27.8. The molecule has 3 amide bonds. The first kappa shape index (κ1) is 29.5. The molecule has 3 aliphatic rings. The van der Waals surface area contributed by atoms with Gasteiger partial charge >= 0.3 is 0 Å². The first-order chi connectivity index (χ1) is 19.8. The van der Waals surface area contributed by atoms with Crippen LogP contribution in [0.3, 0.4) is 0 Å². The number of amides is 3. The zero-order valence-corrected chi connectivity index (χ0v) is 24.9. The highest BCUT2D eigenvalue weighted by Gasteiger charge is 2.74. The van der Waals surface area contributed by atoms with Crippen molar-refractivity contribution >= 4 is 35.2 Å². The molecule has 0 aliphatic carbocycles. The summed E-state index contributed by atoms with van der Waals surface area (Å²) in [7, 11) is 0. The second-order valence-corrected chi connectivity index (χ2v) is 13.1. The molecule has 220 valence electrons. The first-order valence-corrected chi connectivity index (χ1v) is 15.7. The van der Waals surface area contributed by atoms with Crippen LogP contribution in [0.2, 0.25) is 0 Å². The van der Waals surface area contributed by atoms with Crippen LogP contribution in [0, 0.1) is 11.8 Å². The summed E-state index contributed by atoms with van der Waals surface area (Å²) < 4.78 is 4.81. The zero-order chi connectivity index (χ0) is 29.1. The fourth-order valence-electron chi connectivity index (χ4n) is 7.07. The molecule has 41 heavy (non-hydrogen) atoms. The number of hydrogen-bond acceptors (Lipinski definition) is 6. The molecule has 7 atom stereocenters. The van der Waals surface area contributed by atoms with Gasteiger partial charge < -0.3 is 25.4 Å². The molecule has 5 rings (SSSR count). The van der Waals surface area contributed by atoms with Gasteiger partial charge in [-0.15, -0.1) is 11.8 Å². The summed E-state index contributed by atoms with van der Waals surface area (Å²) in [6.45, 7) is 6.26. The molecule has 3 saturated heterocycles. The fraction of sp³-hybridized carbons (Fsp3) is 0.531. The molecule has 8 nitrogen and oxygen atoms in total. The fourth-order valence-corrected chi connectivity index (χ4v) is 9.28. The van der Waals surface area contributed by atoms with Crippen molar-refractivity contribution < 1.29 is 24.2 Å². The molecular weight excluding hydrogens is 538 g/mol. The van der Waals surface area contributed by atoms with E-state index in [9.17, 15) is 19.5 Å². The molecule has 3 aliphatic heterocycles. The van der Waals surface area contributed by atoms with Crippen molar-refractivity contribution in [1.82, 2.24) is 10.2 Å². The third-order valence-electron chi connectivity index (χ3n) is 8.75. The van der Waals surface area contributed by atoms with Gasteiger partial charge in [-0.05, 0) is 69.4 Å². The Hall–Kier alpha value is -3.04. The van der Waals surface area contributed by atoms with Crippen molar-refractivity contribution in [1.29, 1.82) is 0 Å². The van der Waals surface area contributed by atoms with E-state index in [1.54, 1.807) is 28.8 Å². The van der Waals surface area contributed by atoms with Gasteiger partial charge in [-0.2, -0.15) is 0 Å². The van der Waals surface area contributed by atoms with Crippen LogP contribution < -0.4 is 15.4 Å². The van der Waals surface area contributed by atoms with E-state index in [1.165, 1.54) is 0 Å². The minimum atomic E-state index is -0.751. The summed E-state index contributed by atoms with van der Waals surface area (Å²) in [5.41, 5.74) is 1.62. The van der Waals surface area contributed by atoms with E-state index >= 15 is 0 Å².